The molecule has 1 aromatic rings. The minimum absolute atomic E-state index is 0.576. The summed E-state index contributed by atoms with van der Waals surface area (Å²) < 4.78 is 10.5. The molecule has 3 nitrogen and oxygen atoms in total. The first-order valence-corrected chi connectivity index (χ1v) is 7.05. The predicted octanol–water partition coefficient (Wildman–Crippen LogP) is 3.01. The first-order valence-electron chi connectivity index (χ1n) is 5.90. The second-order valence-corrected chi connectivity index (χ2v) is 5.28. The minimum atomic E-state index is 0.576. The molecule has 1 atom stereocenters. The monoisotopic (exact) mass is 253 g/mol. The maximum atomic E-state index is 5.30. The van der Waals surface area contributed by atoms with Gasteiger partial charge in [-0.2, -0.15) is 11.8 Å². The smallest absolute Gasteiger partial charge is 0.162 e. The van der Waals surface area contributed by atoms with Gasteiger partial charge < -0.3 is 14.8 Å². The number of ether oxygens (including phenoxy) is 2. The highest BCUT2D eigenvalue weighted by atomic mass is 32.2. The lowest BCUT2D eigenvalue weighted by Gasteiger charge is -2.24. The predicted molar refractivity (Wildman–Crippen MR) is 73.5 cm³/mol. The molecule has 0 aliphatic carbocycles. The van der Waals surface area contributed by atoms with Gasteiger partial charge in [0.25, 0.3) is 0 Å². The third kappa shape index (κ3) is 3.22. The van der Waals surface area contributed by atoms with Gasteiger partial charge in [-0.1, -0.05) is 0 Å². The van der Waals surface area contributed by atoms with Gasteiger partial charge in [-0.15, -0.1) is 0 Å². The van der Waals surface area contributed by atoms with Crippen molar-refractivity contribution in [1.29, 1.82) is 0 Å². The Bertz CT molecular complexity index is 364. The molecule has 2 rings (SSSR count). The van der Waals surface area contributed by atoms with Crippen LogP contribution in [0, 0.1) is 0 Å². The van der Waals surface area contributed by atoms with Crippen LogP contribution in [0.4, 0.5) is 5.69 Å². The van der Waals surface area contributed by atoms with Crippen LogP contribution in [0.15, 0.2) is 18.2 Å². The second kappa shape index (κ2) is 6.05. The van der Waals surface area contributed by atoms with E-state index in [1.165, 1.54) is 24.3 Å². The molecule has 1 unspecified atom stereocenters. The van der Waals surface area contributed by atoms with Crippen molar-refractivity contribution in [2.45, 2.75) is 18.9 Å². The molecule has 1 saturated heterocycles. The SMILES string of the molecule is COc1ccc(NC2CCCSC2)cc1OC. The molecule has 0 bridgehead atoms. The van der Waals surface area contributed by atoms with E-state index in [-0.39, 0.29) is 0 Å². The molecule has 1 fully saturated rings. The molecular formula is C13H19NO2S. The van der Waals surface area contributed by atoms with E-state index in [1.54, 1.807) is 14.2 Å². The Labute approximate surface area is 107 Å². The number of methoxy groups -OCH3 is 2. The van der Waals surface area contributed by atoms with E-state index in [9.17, 15) is 0 Å². The lowest BCUT2D eigenvalue weighted by Crippen LogP contribution is -2.25. The second-order valence-electron chi connectivity index (χ2n) is 4.13. The number of hydrogen-bond acceptors (Lipinski definition) is 4. The van der Waals surface area contributed by atoms with Crippen LogP contribution < -0.4 is 14.8 Å². The van der Waals surface area contributed by atoms with Crippen LogP contribution in [0.1, 0.15) is 12.8 Å². The summed E-state index contributed by atoms with van der Waals surface area (Å²) in [5, 5.41) is 3.55. The Hall–Kier alpha value is -1.03. The fourth-order valence-corrected chi connectivity index (χ4v) is 3.09. The summed E-state index contributed by atoms with van der Waals surface area (Å²) in [5.74, 6) is 4.04. The van der Waals surface area contributed by atoms with Crippen molar-refractivity contribution in [2.75, 3.05) is 31.0 Å². The Morgan fingerprint density at radius 2 is 2.06 bits per heavy atom. The highest BCUT2D eigenvalue weighted by Gasteiger charge is 2.14. The highest BCUT2D eigenvalue weighted by molar-refractivity contribution is 7.99. The van der Waals surface area contributed by atoms with Crippen LogP contribution >= 0.6 is 11.8 Å². The Morgan fingerprint density at radius 3 is 2.71 bits per heavy atom. The number of thioether (sulfide) groups is 1. The summed E-state index contributed by atoms with van der Waals surface area (Å²) in [6, 6.07) is 6.56. The molecule has 1 aliphatic rings. The third-order valence-corrected chi connectivity index (χ3v) is 4.13. The van der Waals surface area contributed by atoms with E-state index in [4.69, 9.17) is 9.47 Å². The van der Waals surface area contributed by atoms with Crippen molar-refractivity contribution in [3.05, 3.63) is 18.2 Å². The van der Waals surface area contributed by atoms with Crippen molar-refractivity contribution in [1.82, 2.24) is 0 Å². The number of hydrogen-bond donors (Lipinski definition) is 1. The minimum Gasteiger partial charge on any atom is -0.493 e. The van der Waals surface area contributed by atoms with Crippen LogP contribution in [0.2, 0.25) is 0 Å². The first-order chi connectivity index (χ1) is 8.33. The van der Waals surface area contributed by atoms with Gasteiger partial charge in [0.2, 0.25) is 0 Å². The molecule has 1 aromatic carbocycles. The quantitative estimate of drug-likeness (QED) is 0.893. The maximum Gasteiger partial charge on any atom is 0.162 e. The summed E-state index contributed by atoms with van der Waals surface area (Å²) in [6.45, 7) is 0. The van der Waals surface area contributed by atoms with Crippen LogP contribution in [-0.4, -0.2) is 31.8 Å². The van der Waals surface area contributed by atoms with Gasteiger partial charge in [0.15, 0.2) is 11.5 Å². The van der Waals surface area contributed by atoms with Gasteiger partial charge in [0.05, 0.1) is 14.2 Å². The normalized spacial score (nSPS) is 19.8. The summed E-state index contributed by atoms with van der Waals surface area (Å²) in [5.41, 5.74) is 1.11. The highest BCUT2D eigenvalue weighted by Crippen LogP contribution is 2.31. The van der Waals surface area contributed by atoms with Crippen LogP contribution in [-0.2, 0) is 0 Å². The Balaban J connectivity index is 2.05. The maximum absolute atomic E-state index is 5.30. The first kappa shape index (κ1) is 12.4. The molecule has 0 amide bonds. The standard InChI is InChI=1S/C13H19NO2S/c1-15-12-6-5-10(8-13(12)16-2)14-11-4-3-7-17-9-11/h5-6,8,11,14H,3-4,7,9H2,1-2H3. The van der Waals surface area contributed by atoms with Gasteiger partial charge >= 0.3 is 0 Å². The number of anilines is 1. The third-order valence-electron chi connectivity index (χ3n) is 2.91. The topological polar surface area (TPSA) is 30.5 Å². The number of benzene rings is 1. The van der Waals surface area contributed by atoms with E-state index in [2.05, 4.69) is 5.32 Å². The van der Waals surface area contributed by atoms with Crippen molar-refractivity contribution in [2.24, 2.45) is 0 Å². The molecule has 1 aliphatic heterocycles. The van der Waals surface area contributed by atoms with Crippen LogP contribution in [0.25, 0.3) is 0 Å². The van der Waals surface area contributed by atoms with E-state index in [0.29, 0.717) is 6.04 Å². The zero-order chi connectivity index (χ0) is 12.1. The molecule has 1 N–H and O–H groups in total. The largest absolute Gasteiger partial charge is 0.493 e. The fraction of sp³-hybridized carbons (Fsp3) is 0.538. The van der Waals surface area contributed by atoms with Gasteiger partial charge in [-0.05, 0) is 30.7 Å². The van der Waals surface area contributed by atoms with Crippen molar-refractivity contribution < 1.29 is 9.47 Å². The molecule has 94 valence electrons. The molecule has 0 spiro atoms. The van der Waals surface area contributed by atoms with Crippen molar-refractivity contribution in [3.8, 4) is 11.5 Å². The molecule has 4 heteroatoms. The molecule has 0 aromatic heterocycles. The number of nitrogens with one attached hydrogen (secondary N) is 1. The lowest BCUT2D eigenvalue weighted by atomic mass is 10.1. The molecule has 0 radical (unpaired) electrons. The molecular weight excluding hydrogens is 234 g/mol. The Kier molecular flexibility index (Phi) is 4.42. The number of rotatable bonds is 4. The Morgan fingerprint density at radius 1 is 1.24 bits per heavy atom. The average Bonchev–Trinajstić information content (AvgIpc) is 2.40. The fourth-order valence-electron chi connectivity index (χ4n) is 2.02. The van der Waals surface area contributed by atoms with Crippen LogP contribution in [0.5, 0.6) is 11.5 Å². The van der Waals surface area contributed by atoms with Crippen LogP contribution in [0.3, 0.4) is 0 Å². The van der Waals surface area contributed by atoms with Gasteiger partial charge in [-0.3, -0.25) is 0 Å². The summed E-state index contributed by atoms with van der Waals surface area (Å²) in [4.78, 5) is 0. The molecule has 0 saturated carbocycles. The van der Waals surface area contributed by atoms with Crippen molar-refractivity contribution >= 4 is 17.4 Å². The average molecular weight is 253 g/mol. The van der Waals surface area contributed by atoms with Gasteiger partial charge in [0.1, 0.15) is 0 Å². The summed E-state index contributed by atoms with van der Waals surface area (Å²) in [6.07, 6.45) is 2.55. The summed E-state index contributed by atoms with van der Waals surface area (Å²) in [7, 11) is 3.32. The van der Waals surface area contributed by atoms with E-state index in [1.807, 2.05) is 30.0 Å². The van der Waals surface area contributed by atoms with Gasteiger partial charge in [0, 0.05) is 23.5 Å². The van der Waals surface area contributed by atoms with Crippen molar-refractivity contribution in [3.63, 3.8) is 0 Å². The molecule has 17 heavy (non-hydrogen) atoms. The molecule has 1 heterocycles. The zero-order valence-corrected chi connectivity index (χ0v) is 11.2. The van der Waals surface area contributed by atoms with Gasteiger partial charge in [-0.25, -0.2) is 0 Å². The zero-order valence-electron chi connectivity index (χ0n) is 10.4. The lowest BCUT2D eigenvalue weighted by molar-refractivity contribution is 0.355. The van der Waals surface area contributed by atoms with E-state index >= 15 is 0 Å². The van der Waals surface area contributed by atoms with E-state index < -0.39 is 0 Å². The van der Waals surface area contributed by atoms with E-state index in [0.717, 1.165) is 17.2 Å². The summed E-state index contributed by atoms with van der Waals surface area (Å²) >= 11 is 2.02.